The first-order valence-electron chi connectivity index (χ1n) is 7.67. The van der Waals surface area contributed by atoms with Gasteiger partial charge in [0.2, 0.25) is 0 Å². The lowest BCUT2D eigenvalue weighted by Crippen LogP contribution is -2.37. The normalized spacial score (nSPS) is 12.0. The molecule has 1 heterocycles. The van der Waals surface area contributed by atoms with Gasteiger partial charge in [-0.05, 0) is 45.1 Å². The molecule has 1 aromatic heterocycles. The molecule has 2 N–H and O–H groups in total. The van der Waals surface area contributed by atoms with Gasteiger partial charge in [0.25, 0.3) is 0 Å². The van der Waals surface area contributed by atoms with Crippen molar-refractivity contribution in [3.05, 3.63) is 59.3 Å². The van der Waals surface area contributed by atoms with E-state index in [2.05, 4.69) is 51.7 Å². The van der Waals surface area contributed by atoms with Crippen molar-refractivity contribution in [1.82, 2.24) is 15.2 Å². The van der Waals surface area contributed by atoms with Gasteiger partial charge in [-0.3, -0.25) is 5.32 Å². The van der Waals surface area contributed by atoms with Crippen LogP contribution in [-0.2, 0) is 0 Å². The van der Waals surface area contributed by atoms with Gasteiger partial charge in [-0.25, -0.2) is 9.78 Å². The van der Waals surface area contributed by atoms with Crippen molar-refractivity contribution < 1.29 is 4.79 Å². The van der Waals surface area contributed by atoms with Gasteiger partial charge in [-0.1, -0.05) is 35.9 Å². The second-order valence-electron chi connectivity index (χ2n) is 5.89. The van der Waals surface area contributed by atoms with Crippen LogP contribution < -0.4 is 10.6 Å². The maximum atomic E-state index is 12.1. The third kappa shape index (κ3) is 4.79. The van der Waals surface area contributed by atoms with Crippen LogP contribution in [0.3, 0.4) is 0 Å². The highest BCUT2D eigenvalue weighted by Gasteiger charge is 2.15. The second-order valence-corrected chi connectivity index (χ2v) is 5.89. The Morgan fingerprint density at radius 3 is 2.48 bits per heavy atom. The molecule has 1 aromatic carbocycles. The monoisotopic (exact) mass is 312 g/mol. The van der Waals surface area contributed by atoms with Crippen LogP contribution in [0.5, 0.6) is 0 Å². The standard InChI is InChI=1S/C18H24N4O/c1-13-7-9-15(10-8-13)16(22(3)4)12-20-18(23)21-17-14(2)6-5-11-19-17/h5-11,16H,12H2,1-4H3,(H2,19,20,21,23). The van der Waals surface area contributed by atoms with Crippen molar-refractivity contribution >= 4 is 11.8 Å². The molecule has 5 heteroatoms. The highest BCUT2D eigenvalue weighted by atomic mass is 16.2. The number of pyridine rings is 1. The van der Waals surface area contributed by atoms with E-state index in [1.165, 1.54) is 11.1 Å². The minimum Gasteiger partial charge on any atom is -0.336 e. The fourth-order valence-electron chi connectivity index (χ4n) is 2.34. The molecule has 0 bridgehead atoms. The Balaban J connectivity index is 1.97. The molecular weight excluding hydrogens is 288 g/mol. The number of aromatic nitrogens is 1. The van der Waals surface area contributed by atoms with Gasteiger partial charge >= 0.3 is 6.03 Å². The topological polar surface area (TPSA) is 57.3 Å². The molecule has 1 unspecified atom stereocenters. The maximum absolute atomic E-state index is 12.1. The fraction of sp³-hybridized carbons (Fsp3) is 0.333. The summed E-state index contributed by atoms with van der Waals surface area (Å²) in [6, 6.07) is 12.0. The van der Waals surface area contributed by atoms with Crippen molar-refractivity contribution in [3.8, 4) is 0 Å². The lowest BCUT2D eigenvalue weighted by molar-refractivity contribution is 0.243. The molecule has 0 radical (unpaired) electrons. The number of likely N-dealkylation sites (N-methyl/N-ethyl adjacent to an activating group) is 1. The maximum Gasteiger partial charge on any atom is 0.320 e. The Labute approximate surface area is 137 Å². The smallest absolute Gasteiger partial charge is 0.320 e. The van der Waals surface area contributed by atoms with E-state index in [-0.39, 0.29) is 12.1 Å². The number of amides is 2. The molecule has 0 fully saturated rings. The van der Waals surface area contributed by atoms with Crippen LogP contribution in [0.15, 0.2) is 42.6 Å². The summed E-state index contributed by atoms with van der Waals surface area (Å²) in [7, 11) is 4.01. The molecule has 1 atom stereocenters. The van der Waals surface area contributed by atoms with E-state index in [0.717, 1.165) is 5.56 Å². The van der Waals surface area contributed by atoms with Gasteiger partial charge < -0.3 is 10.2 Å². The second kappa shape index (κ2) is 7.74. The lowest BCUT2D eigenvalue weighted by Gasteiger charge is -2.25. The van der Waals surface area contributed by atoms with Crippen LogP contribution in [0, 0.1) is 13.8 Å². The average molecular weight is 312 g/mol. The van der Waals surface area contributed by atoms with Gasteiger partial charge in [0.1, 0.15) is 5.82 Å². The van der Waals surface area contributed by atoms with Gasteiger partial charge in [0.15, 0.2) is 0 Å². The molecule has 0 saturated heterocycles. The van der Waals surface area contributed by atoms with Crippen LogP contribution in [0.25, 0.3) is 0 Å². The Hall–Kier alpha value is -2.40. The van der Waals surface area contributed by atoms with E-state index in [4.69, 9.17) is 0 Å². The minimum atomic E-state index is -0.245. The summed E-state index contributed by atoms with van der Waals surface area (Å²) in [6.45, 7) is 4.50. The summed E-state index contributed by atoms with van der Waals surface area (Å²) in [5.41, 5.74) is 3.34. The predicted molar refractivity (Wildman–Crippen MR) is 93.6 cm³/mol. The number of nitrogens with one attached hydrogen (secondary N) is 2. The van der Waals surface area contributed by atoms with E-state index >= 15 is 0 Å². The first-order chi connectivity index (χ1) is 11.0. The number of hydrogen-bond acceptors (Lipinski definition) is 3. The molecule has 23 heavy (non-hydrogen) atoms. The van der Waals surface area contributed by atoms with Crippen LogP contribution in [0.2, 0.25) is 0 Å². The number of benzene rings is 1. The van der Waals surface area contributed by atoms with Crippen LogP contribution in [-0.4, -0.2) is 36.6 Å². The van der Waals surface area contributed by atoms with Crippen LogP contribution in [0.1, 0.15) is 22.7 Å². The van der Waals surface area contributed by atoms with Crippen molar-refractivity contribution in [3.63, 3.8) is 0 Å². The first kappa shape index (κ1) is 17.0. The van der Waals surface area contributed by atoms with E-state index in [1.807, 2.05) is 33.2 Å². The Morgan fingerprint density at radius 2 is 1.87 bits per heavy atom. The minimum absolute atomic E-state index is 0.117. The van der Waals surface area contributed by atoms with E-state index in [0.29, 0.717) is 12.4 Å². The van der Waals surface area contributed by atoms with Gasteiger partial charge in [0, 0.05) is 12.7 Å². The molecule has 0 saturated carbocycles. The Kier molecular flexibility index (Phi) is 5.71. The highest BCUT2D eigenvalue weighted by Crippen LogP contribution is 2.18. The third-order valence-corrected chi connectivity index (χ3v) is 3.78. The van der Waals surface area contributed by atoms with Crippen LogP contribution in [0.4, 0.5) is 10.6 Å². The number of urea groups is 1. The van der Waals surface area contributed by atoms with Gasteiger partial charge in [0.05, 0.1) is 6.04 Å². The van der Waals surface area contributed by atoms with Crippen molar-refractivity contribution in [2.75, 3.05) is 26.0 Å². The summed E-state index contributed by atoms with van der Waals surface area (Å²) in [6.07, 6.45) is 1.66. The summed E-state index contributed by atoms with van der Waals surface area (Å²) in [5.74, 6) is 0.585. The van der Waals surface area contributed by atoms with Gasteiger partial charge in [-0.2, -0.15) is 0 Å². The van der Waals surface area contributed by atoms with Crippen molar-refractivity contribution in [2.24, 2.45) is 0 Å². The highest BCUT2D eigenvalue weighted by molar-refractivity contribution is 5.88. The summed E-state index contributed by atoms with van der Waals surface area (Å²) >= 11 is 0. The van der Waals surface area contributed by atoms with E-state index < -0.39 is 0 Å². The Morgan fingerprint density at radius 1 is 1.17 bits per heavy atom. The van der Waals surface area contributed by atoms with Crippen LogP contribution >= 0.6 is 0 Å². The summed E-state index contributed by atoms with van der Waals surface area (Å²) in [5, 5.41) is 5.71. The average Bonchev–Trinajstić information content (AvgIpc) is 2.51. The SMILES string of the molecule is Cc1ccc(C(CNC(=O)Nc2ncccc2C)N(C)C)cc1. The molecule has 0 spiro atoms. The number of anilines is 1. The zero-order chi connectivity index (χ0) is 16.8. The lowest BCUT2D eigenvalue weighted by atomic mass is 10.0. The van der Waals surface area contributed by atoms with Crippen molar-refractivity contribution in [2.45, 2.75) is 19.9 Å². The van der Waals surface area contributed by atoms with Crippen molar-refractivity contribution in [1.29, 1.82) is 0 Å². The molecule has 2 rings (SSSR count). The number of carbonyl (C=O) groups excluding carboxylic acids is 1. The zero-order valence-electron chi connectivity index (χ0n) is 14.1. The molecule has 2 aromatic rings. The molecule has 0 aliphatic carbocycles. The predicted octanol–water partition coefficient (Wildman–Crippen LogP) is 3.12. The molecule has 0 aliphatic rings. The number of hydrogen-bond donors (Lipinski definition) is 2. The molecule has 2 amide bonds. The summed E-state index contributed by atoms with van der Waals surface area (Å²) in [4.78, 5) is 18.4. The number of rotatable bonds is 5. The number of aryl methyl sites for hydroxylation is 2. The van der Waals surface area contributed by atoms with E-state index in [1.54, 1.807) is 6.20 Å². The molecular formula is C18H24N4O. The molecule has 0 aliphatic heterocycles. The zero-order valence-corrected chi connectivity index (χ0v) is 14.1. The largest absolute Gasteiger partial charge is 0.336 e. The quantitative estimate of drug-likeness (QED) is 0.892. The molecule has 122 valence electrons. The Bertz CT molecular complexity index is 652. The number of nitrogens with zero attached hydrogens (tertiary/aromatic N) is 2. The van der Waals surface area contributed by atoms with Gasteiger partial charge in [-0.15, -0.1) is 0 Å². The first-order valence-corrected chi connectivity index (χ1v) is 7.67. The third-order valence-electron chi connectivity index (χ3n) is 3.78. The number of carbonyl (C=O) groups is 1. The fourth-order valence-corrected chi connectivity index (χ4v) is 2.34. The summed E-state index contributed by atoms with van der Waals surface area (Å²) < 4.78 is 0. The molecule has 5 nitrogen and oxygen atoms in total. The van der Waals surface area contributed by atoms with E-state index in [9.17, 15) is 4.79 Å².